The van der Waals surface area contributed by atoms with Gasteiger partial charge in [0.25, 0.3) is 11.5 Å². The van der Waals surface area contributed by atoms with Gasteiger partial charge in [-0.1, -0.05) is 30.3 Å². The van der Waals surface area contributed by atoms with Gasteiger partial charge in [-0.15, -0.1) is 0 Å². The van der Waals surface area contributed by atoms with E-state index in [1.54, 1.807) is 18.0 Å². The number of nitrogens with zero attached hydrogens (tertiary/aromatic N) is 3. The van der Waals surface area contributed by atoms with Crippen molar-refractivity contribution in [2.24, 2.45) is 7.05 Å². The van der Waals surface area contributed by atoms with Crippen LogP contribution in [0.25, 0.3) is 22.0 Å². The fourth-order valence-electron chi connectivity index (χ4n) is 3.23. The van der Waals surface area contributed by atoms with Crippen LogP contribution < -0.4 is 5.56 Å². The lowest BCUT2D eigenvalue weighted by Gasteiger charge is -2.26. The first-order valence-corrected chi connectivity index (χ1v) is 8.58. The number of amides is 1. The molecule has 4 rings (SSSR count). The van der Waals surface area contributed by atoms with Crippen molar-refractivity contribution in [3.05, 3.63) is 64.4 Å². The number of benzene rings is 2. The summed E-state index contributed by atoms with van der Waals surface area (Å²) in [5, 5.41) is 5.87. The van der Waals surface area contributed by atoms with Crippen molar-refractivity contribution < 1.29 is 9.53 Å². The minimum atomic E-state index is -0.122. The summed E-state index contributed by atoms with van der Waals surface area (Å²) in [5.41, 5.74) is 2.12. The predicted octanol–water partition coefficient (Wildman–Crippen LogP) is 2.07. The Kier molecular flexibility index (Phi) is 4.26. The Labute approximate surface area is 150 Å². The van der Waals surface area contributed by atoms with Gasteiger partial charge < -0.3 is 9.64 Å². The molecule has 1 saturated heterocycles. The van der Waals surface area contributed by atoms with Gasteiger partial charge in [0.05, 0.1) is 24.3 Å². The Morgan fingerprint density at radius 3 is 2.35 bits per heavy atom. The molecule has 0 unspecified atom stereocenters. The lowest BCUT2D eigenvalue weighted by Crippen LogP contribution is -2.40. The van der Waals surface area contributed by atoms with Crippen molar-refractivity contribution in [2.45, 2.75) is 0 Å². The maximum absolute atomic E-state index is 12.6. The monoisotopic (exact) mass is 349 g/mol. The molecular formula is C20H19N3O3. The minimum Gasteiger partial charge on any atom is -0.378 e. The number of carbonyl (C=O) groups excluding carboxylic acids is 1. The second-order valence-corrected chi connectivity index (χ2v) is 6.30. The molecule has 1 aliphatic rings. The number of aryl methyl sites for hydroxylation is 1. The van der Waals surface area contributed by atoms with E-state index in [0.29, 0.717) is 37.3 Å². The van der Waals surface area contributed by atoms with Crippen LogP contribution in [-0.4, -0.2) is 46.9 Å². The van der Waals surface area contributed by atoms with Crippen molar-refractivity contribution in [1.82, 2.24) is 14.7 Å². The van der Waals surface area contributed by atoms with Gasteiger partial charge in [0.2, 0.25) is 0 Å². The first kappa shape index (κ1) is 16.5. The number of rotatable bonds is 2. The highest BCUT2D eigenvalue weighted by Gasteiger charge is 2.18. The zero-order valence-corrected chi connectivity index (χ0v) is 14.5. The number of hydrogen-bond acceptors (Lipinski definition) is 4. The van der Waals surface area contributed by atoms with E-state index in [9.17, 15) is 9.59 Å². The average Bonchev–Trinajstić information content (AvgIpc) is 2.71. The molecular weight excluding hydrogens is 330 g/mol. The fourth-order valence-corrected chi connectivity index (χ4v) is 3.23. The molecule has 0 N–H and O–H groups in total. The summed E-state index contributed by atoms with van der Waals surface area (Å²) in [6.45, 7) is 2.40. The Morgan fingerprint density at radius 2 is 1.65 bits per heavy atom. The van der Waals surface area contributed by atoms with E-state index in [1.807, 2.05) is 42.5 Å². The van der Waals surface area contributed by atoms with E-state index in [4.69, 9.17) is 4.74 Å². The molecule has 26 heavy (non-hydrogen) atoms. The highest BCUT2D eigenvalue weighted by molar-refractivity contribution is 5.96. The van der Waals surface area contributed by atoms with Crippen molar-refractivity contribution in [1.29, 1.82) is 0 Å². The van der Waals surface area contributed by atoms with Crippen LogP contribution in [0.2, 0.25) is 0 Å². The van der Waals surface area contributed by atoms with Gasteiger partial charge in [-0.2, -0.15) is 5.10 Å². The van der Waals surface area contributed by atoms with Gasteiger partial charge in [-0.25, -0.2) is 4.68 Å². The third kappa shape index (κ3) is 2.88. The molecule has 0 aliphatic carbocycles. The summed E-state index contributed by atoms with van der Waals surface area (Å²) >= 11 is 0. The second-order valence-electron chi connectivity index (χ2n) is 6.30. The summed E-state index contributed by atoms with van der Waals surface area (Å²) in [6.07, 6.45) is 0. The van der Waals surface area contributed by atoms with Crippen LogP contribution in [0.4, 0.5) is 0 Å². The molecule has 6 nitrogen and oxygen atoms in total. The van der Waals surface area contributed by atoms with Crippen LogP contribution in [0.15, 0.2) is 53.3 Å². The van der Waals surface area contributed by atoms with Crippen LogP contribution in [0.1, 0.15) is 10.4 Å². The topological polar surface area (TPSA) is 64.4 Å². The summed E-state index contributed by atoms with van der Waals surface area (Å²) in [5.74, 6) is 0.0122. The number of carbonyl (C=O) groups is 1. The lowest BCUT2D eigenvalue weighted by atomic mass is 10.0. The molecule has 0 saturated carbocycles. The van der Waals surface area contributed by atoms with Crippen LogP contribution in [0.5, 0.6) is 0 Å². The van der Waals surface area contributed by atoms with E-state index < -0.39 is 0 Å². The molecule has 132 valence electrons. The van der Waals surface area contributed by atoms with Gasteiger partial charge in [0, 0.05) is 36.7 Å². The van der Waals surface area contributed by atoms with Crippen molar-refractivity contribution in [3.8, 4) is 11.3 Å². The molecule has 1 fully saturated rings. The van der Waals surface area contributed by atoms with Gasteiger partial charge in [-0.3, -0.25) is 9.59 Å². The summed E-state index contributed by atoms with van der Waals surface area (Å²) < 4.78 is 6.65. The van der Waals surface area contributed by atoms with Gasteiger partial charge in [0.15, 0.2) is 0 Å². The van der Waals surface area contributed by atoms with E-state index in [-0.39, 0.29) is 11.5 Å². The quantitative estimate of drug-likeness (QED) is 0.710. The molecule has 1 aromatic heterocycles. The Hall–Kier alpha value is -2.99. The summed E-state index contributed by atoms with van der Waals surface area (Å²) in [7, 11) is 1.65. The third-order valence-corrected chi connectivity index (χ3v) is 4.66. The number of aromatic nitrogens is 2. The zero-order valence-electron chi connectivity index (χ0n) is 14.5. The molecule has 2 heterocycles. The number of fused-ring (bicyclic) bond motifs is 1. The lowest BCUT2D eigenvalue weighted by molar-refractivity contribution is 0.0303. The molecule has 1 amide bonds. The van der Waals surface area contributed by atoms with Gasteiger partial charge in [0.1, 0.15) is 0 Å². The largest absolute Gasteiger partial charge is 0.378 e. The third-order valence-electron chi connectivity index (χ3n) is 4.66. The molecule has 3 aromatic rings. The summed E-state index contributed by atoms with van der Waals surface area (Å²) in [4.78, 5) is 26.6. The van der Waals surface area contributed by atoms with Crippen LogP contribution >= 0.6 is 0 Å². The highest BCUT2D eigenvalue weighted by atomic mass is 16.5. The second kappa shape index (κ2) is 6.72. The molecule has 1 aliphatic heterocycles. The molecule has 0 bridgehead atoms. The molecule has 2 aromatic carbocycles. The van der Waals surface area contributed by atoms with Crippen LogP contribution in [0, 0.1) is 0 Å². The first-order valence-electron chi connectivity index (χ1n) is 8.58. The maximum Gasteiger partial charge on any atom is 0.274 e. The minimum absolute atomic E-state index is 0.0122. The zero-order chi connectivity index (χ0) is 18.1. The Bertz CT molecular complexity index is 1020. The van der Waals surface area contributed by atoms with Crippen molar-refractivity contribution in [3.63, 3.8) is 0 Å². The standard InChI is InChI=1S/C20H19N3O3/c1-22-20(25)17-5-3-2-4-16(17)18(21-22)14-6-8-15(9-7-14)19(24)23-10-12-26-13-11-23/h2-9H,10-13H2,1H3. The van der Waals surface area contributed by atoms with E-state index >= 15 is 0 Å². The number of ether oxygens (including phenoxy) is 1. The fraction of sp³-hybridized carbons (Fsp3) is 0.250. The Morgan fingerprint density at radius 1 is 1.00 bits per heavy atom. The molecule has 0 atom stereocenters. The summed E-state index contributed by atoms with van der Waals surface area (Å²) in [6, 6.07) is 14.8. The average molecular weight is 349 g/mol. The van der Waals surface area contributed by atoms with Gasteiger partial charge >= 0.3 is 0 Å². The van der Waals surface area contributed by atoms with Crippen LogP contribution in [-0.2, 0) is 11.8 Å². The normalized spacial score (nSPS) is 14.6. The predicted molar refractivity (Wildman–Crippen MR) is 99.1 cm³/mol. The molecule has 6 heteroatoms. The first-order chi connectivity index (χ1) is 12.6. The van der Waals surface area contributed by atoms with Crippen molar-refractivity contribution in [2.75, 3.05) is 26.3 Å². The number of hydrogen-bond donors (Lipinski definition) is 0. The van der Waals surface area contributed by atoms with E-state index in [0.717, 1.165) is 16.6 Å². The van der Waals surface area contributed by atoms with E-state index in [1.165, 1.54) is 4.68 Å². The molecule has 0 spiro atoms. The number of morpholine rings is 1. The smallest absolute Gasteiger partial charge is 0.274 e. The molecule has 0 radical (unpaired) electrons. The Balaban J connectivity index is 1.72. The van der Waals surface area contributed by atoms with E-state index in [2.05, 4.69) is 5.10 Å². The van der Waals surface area contributed by atoms with Crippen LogP contribution in [0.3, 0.4) is 0 Å². The van der Waals surface area contributed by atoms with Crippen molar-refractivity contribution >= 4 is 16.7 Å². The SMILES string of the molecule is Cn1nc(-c2ccc(C(=O)N3CCOCC3)cc2)c2ccccc2c1=O. The maximum atomic E-state index is 12.6. The van der Waals surface area contributed by atoms with Gasteiger partial charge in [-0.05, 0) is 18.2 Å². The highest BCUT2D eigenvalue weighted by Crippen LogP contribution is 2.25.